The largest absolute Gasteiger partial charge is 0.490 e. The van der Waals surface area contributed by atoms with Crippen LogP contribution >= 0.6 is 27.3 Å². The zero-order valence-electron chi connectivity index (χ0n) is 29.2. The number of aromatic nitrogens is 1. The summed E-state index contributed by atoms with van der Waals surface area (Å²) in [5.74, 6) is 0.566. The minimum atomic E-state index is -0.889. The molecule has 0 saturated carbocycles. The van der Waals surface area contributed by atoms with Crippen LogP contribution in [0.4, 0.5) is 0 Å². The van der Waals surface area contributed by atoms with Crippen LogP contribution in [0.5, 0.6) is 23.0 Å². The number of methoxy groups -OCH3 is 1. The SMILES string of the molecule is CCOC(=O)C1=C(C)N=c2s/c(=C\c3cc(Br)c(OCc4cccc(C)c4)c(OCC)c3)c(=O)n2[C@@H]1c1ccc(OCC(=O)OC)c(OCC)c1. The molecule has 268 valence electrons. The maximum atomic E-state index is 14.3. The van der Waals surface area contributed by atoms with Gasteiger partial charge in [0, 0.05) is 0 Å². The topological polar surface area (TPSA) is 124 Å². The van der Waals surface area contributed by atoms with E-state index in [1.807, 2.05) is 51.1 Å². The van der Waals surface area contributed by atoms with E-state index in [2.05, 4.69) is 27.0 Å². The fourth-order valence-corrected chi connectivity index (χ4v) is 7.19. The average Bonchev–Trinajstić information content (AvgIpc) is 3.40. The number of ether oxygens (including phenoxy) is 6. The van der Waals surface area contributed by atoms with Gasteiger partial charge in [0.25, 0.3) is 5.56 Å². The third-order valence-corrected chi connectivity index (χ3v) is 9.34. The summed E-state index contributed by atoms with van der Waals surface area (Å²) in [4.78, 5) is 44.6. The van der Waals surface area contributed by atoms with Gasteiger partial charge in [-0.05, 0) is 97.6 Å². The maximum Gasteiger partial charge on any atom is 0.343 e. The predicted molar refractivity (Wildman–Crippen MR) is 196 cm³/mol. The Hall–Kier alpha value is -4.88. The minimum absolute atomic E-state index is 0.138. The first-order chi connectivity index (χ1) is 24.6. The number of hydrogen-bond acceptors (Lipinski definition) is 11. The van der Waals surface area contributed by atoms with Crippen molar-refractivity contribution in [2.24, 2.45) is 4.99 Å². The Labute approximate surface area is 307 Å². The van der Waals surface area contributed by atoms with Crippen LogP contribution in [0.15, 0.2) is 80.1 Å². The number of rotatable bonds is 14. The summed E-state index contributed by atoms with van der Waals surface area (Å²) in [7, 11) is 1.27. The van der Waals surface area contributed by atoms with E-state index in [0.29, 0.717) is 73.4 Å². The fourth-order valence-electron chi connectivity index (χ4n) is 5.57. The van der Waals surface area contributed by atoms with E-state index in [-0.39, 0.29) is 24.3 Å². The van der Waals surface area contributed by atoms with E-state index in [0.717, 1.165) is 11.1 Å². The van der Waals surface area contributed by atoms with Gasteiger partial charge in [-0.25, -0.2) is 14.6 Å². The molecule has 1 aliphatic rings. The normalized spacial score (nSPS) is 14.0. The average molecular weight is 780 g/mol. The molecule has 0 aliphatic carbocycles. The summed E-state index contributed by atoms with van der Waals surface area (Å²) in [5, 5.41) is 0. The fraction of sp³-hybridized carbons (Fsp3) is 0.316. The van der Waals surface area contributed by atoms with Crippen molar-refractivity contribution in [3.05, 3.63) is 112 Å². The first-order valence-corrected chi connectivity index (χ1v) is 18.0. The molecule has 5 rings (SSSR count). The number of esters is 2. The Morgan fingerprint density at radius 3 is 2.39 bits per heavy atom. The van der Waals surface area contributed by atoms with Gasteiger partial charge in [0.1, 0.15) is 6.61 Å². The van der Waals surface area contributed by atoms with E-state index in [4.69, 9.17) is 28.4 Å². The summed E-state index contributed by atoms with van der Waals surface area (Å²) in [6, 6.07) is 15.9. The van der Waals surface area contributed by atoms with Crippen LogP contribution < -0.4 is 33.8 Å². The number of carbonyl (C=O) groups is 2. The van der Waals surface area contributed by atoms with E-state index >= 15 is 0 Å². The van der Waals surface area contributed by atoms with Gasteiger partial charge < -0.3 is 28.4 Å². The number of allylic oxidation sites excluding steroid dienone is 1. The molecule has 1 atom stereocenters. The Bertz CT molecular complexity index is 2150. The molecule has 0 bridgehead atoms. The van der Waals surface area contributed by atoms with Gasteiger partial charge in [0.15, 0.2) is 34.4 Å². The van der Waals surface area contributed by atoms with Crippen molar-refractivity contribution in [3.63, 3.8) is 0 Å². The molecular weight excluding hydrogens is 740 g/mol. The van der Waals surface area contributed by atoms with Gasteiger partial charge in [-0.1, -0.05) is 47.2 Å². The standard InChI is InChI=1S/C38H39BrN2O9S/c1-7-46-29-19-26(13-14-28(29)49-21-32(42)45-6)34-33(37(44)48-9-3)23(5)40-38-41(34)36(43)31(51-38)18-25-16-27(39)35(30(17-25)47-8-2)50-20-24-12-10-11-22(4)15-24/h10-19,34H,7-9,20-21H2,1-6H3/b31-18-/t34-/m1/s1. The molecule has 2 heterocycles. The number of nitrogens with zero attached hydrogens (tertiary/aromatic N) is 2. The van der Waals surface area contributed by atoms with E-state index in [9.17, 15) is 14.4 Å². The van der Waals surface area contributed by atoms with Crippen molar-refractivity contribution in [1.29, 1.82) is 0 Å². The molecule has 0 amide bonds. The second-order valence-corrected chi connectivity index (χ2v) is 13.2. The van der Waals surface area contributed by atoms with Gasteiger partial charge in [-0.15, -0.1) is 0 Å². The lowest BCUT2D eigenvalue weighted by Crippen LogP contribution is -2.40. The molecule has 0 spiro atoms. The minimum Gasteiger partial charge on any atom is -0.490 e. The smallest absolute Gasteiger partial charge is 0.343 e. The second kappa shape index (κ2) is 16.9. The number of aryl methyl sites for hydroxylation is 1. The van der Waals surface area contributed by atoms with Gasteiger partial charge in [0.2, 0.25) is 0 Å². The summed E-state index contributed by atoms with van der Waals surface area (Å²) in [6.07, 6.45) is 1.76. The quantitative estimate of drug-likeness (QED) is 0.146. The van der Waals surface area contributed by atoms with E-state index < -0.39 is 18.0 Å². The molecule has 0 unspecified atom stereocenters. The molecule has 1 aliphatic heterocycles. The Kier molecular flexibility index (Phi) is 12.4. The molecule has 11 nitrogen and oxygen atoms in total. The maximum absolute atomic E-state index is 14.3. The molecule has 0 fully saturated rings. The van der Waals surface area contributed by atoms with E-state index in [1.165, 1.54) is 23.0 Å². The molecule has 0 N–H and O–H groups in total. The van der Waals surface area contributed by atoms with Crippen molar-refractivity contribution in [1.82, 2.24) is 4.57 Å². The first kappa shape index (κ1) is 37.4. The number of thiazole rings is 1. The number of carbonyl (C=O) groups excluding carboxylic acids is 2. The third-order valence-electron chi connectivity index (χ3n) is 7.77. The van der Waals surface area contributed by atoms with Crippen LogP contribution in [0, 0.1) is 6.92 Å². The van der Waals surface area contributed by atoms with Crippen molar-refractivity contribution >= 4 is 45.3 Å². The Morgan fingerprint density at radius 1 is 0.922 bits per heavy atom. The van der Waals surface area contributed by atoms with Crippen LogP contribution in [0.3, 0.4) is 0 Å². The van der Waals surface area contributed by atoms with Crippen molar-refractivity contribution in [2.75, 3.05) is 33.5 Å². The van der Waals surface area contributed by atoms with Crippen molar-refractivity contribution in [2.45, 2.75) is 47.3 Å². The summed E-state index contributed by atoms with van der Waals surface area (Å²) >= 11 is 4.85. The summed E-state index contributed by atoms with van der Waals surface area (Å²) < 4.78 is 36.4. The molecular formula is C38H39BrN2O9S. The molecule has 13 heteroatoms. The van der Waals surface area contributed by atoms with Crippen LogP contribution in [0.1, 0.15) is 56.0 Å². The number of benzene rings is 3. The predicted octanol–water partition coefficient (Wildman–Crippen LogP) is 5.80. The highest BCUT2D eigenvalue weighted by atomic mass is 79.9. The Balaban J connectivity index is 1.60. The lowest BCUT2D eigenvalue weighted by molar-refractivity contribution is -0.143. The molecule has 0 radical (unpaired) electrons. The molecule has 4 aromatic rings. The number of hydrogen-bond donors (Lipinski definition) is 0. The second-order valence-electron chi connectivity index (χ2n) is 11.3. The van der Waals surface area contributed by atoms with Crippen molar-refractivity contribution < 1.29 is 38.0 Å². The van der Waals surface area contributed by atoms with Crippen LogP contribution in [0.25, 0.3) is 6.08 Å². The zero-order chi connectivity index (χ0) is 36.7. The van der Waals surface area contributed by atoms with Crippen LogP contribution in [-0.4, -0.2) is 50.0 Å². The molecule has 51 heavy (non-hydrogen) atoms. The third kappa shape index (κ3) is 8.54. The monoisotopic (exact) mass is 778 g/mol. The van der Waals surface area contributed by atoms with Gasteiger partial charge in [0.05, 0.1) is 53.2 Å². The lowest BCUT2D eigenvalue weighted by atomic mass is 9.95. The highest BCUT2D eigenvalue weighted by Crippen LogP contribution is 2.39. The van der Waals surface area contributed by atoms with Crippen LogP contribution in [0.2, 0.25) is 0 Å². The van der Waals surface area contributed by atoms with Crippen LogP contribution in [-0.2, 0) is 25.7 Å². The first-order valence-electron chi connectivity index (χ1n) is 16.4. The van der Waals surface area contributed by atoms with Crippen molar-refractivity contribution in [3.8, 4) is 23.0 Å². The molecule has 3 aromatic carbocycles. The van der Waals surface area contributed by atoms with Gasteiger partial charge >= 0.3 is 11.9 Å². The number of halogens is 1. The lowest BCUT2D eigenvalue weighted by Gasteiger charge is -2.25. The Morgan fingerprint density at radius 2 is 1.69 bits per heavy atom. The number of fused-ring (bicyclic) bond motifs is 1. The molecule has 1 aromatic heterocycles. The van der Waals surface area contributed by atoms with E-state index in [1.54, 1.807) is 38.1 Å². The highest BCUT2D eigenvalue weighted by molar-refractivity contribution is 9.10. The summed E-state index contributed by atoms with van der Waals surface area (Å²) in [5.41, 5.74) is 3.71. The summed E-state index contributed by atoms with van der Waals surface area (Å²) in [6.45, 7) is 10.0. The van der Waals surface area contributed by atoms with Gasteiger partial charge in [-0.2, -0.15) is 0 Å². The zero-order valence-corrected chi connectivity index (χ0v) is 31.6. The molecule has 0 saturated heterocycles. The highest BCUT2D eigenvalue weighted by Gasteiger charge is 2.34. The van der Waals surface area contributed by atoms with Gasteiger partial charge in [-0.3, -0.25) is 9.36 Å².